The molecule has 33 heavy (non-hydrogen) atoms. The second kappa shape index (κ2) is 10.4. The number of methoxy groups -OCH3 is 1. The molecule has 1 N–H and O–H groups in total. The first kappa shape index (κ1) is 24.8. The van der Waals surface area contributed by atoms with Crippen molar-refractivity contribution in [1.29, 1.82) is 0 Å². The Bertz CT molecular complexity index is 1240. The molecule has 1 heterocycles. The van der Waals surface area contributed by atoms with E-state index in [-0.39, 0.29) is 29.6 Å². The molecule has 0 bridgehead atoms. The molecule has 0 amide bonds. The normalized spacial score (nSPS) is 11.6. The summed E-state index contributed by atoms with van der Waals surface area (Å²) in [7, 11) is -2.39. The zero-order valence-electron chi connectivity index (χ0n) is 19.0. The minimum absolute atomic E-state index is 0.0195. The van der Waals surface area contributed by atoms with Gasteiger partial charge in [-0.25, -0.2) is 13.2 Å². The second-order valence-corrected chi connectivity index (χ2v) is 9.81. The van der Waals surface area contributed by atoms with Gasteiger partial charge in [0, 0.05) is 12.2 Å². The zero-order chi connectivity index (χ0) is 24.2. The van der Waals surface area contributed by atoms with Crippen LogP contribution in [0, 0.1) is 13.8 Å². The Kier molecular flexibility index (Phi) is 7.84. The number of nitrogens with zero attached hydrogens (tertiary/aromatic N) is 1. The Hall–Kier alpha value is -2.81. The molecule has 0 fully saturated rings. The van der Waals surface area contributed by atoms with Crippen molar-refractivity contribution in [2.24, 2.45) is 0 Å². The molecule has 176 valence electrons. The number of rotatable bonds is 9. The number of carbonyl (C=O) groups excluding carboxylic acids is 1. The molecule has 0 aliphatic rings. The van der Waals surface area contributed by atoms with Crippen molar-refractivity contribution in [3.8, 4) is 5.75 Å². The summed E-state index contributed by atoms with van der Waals surface area (Å²) >= 11 is 6.24. The highest BCUT2D eigenvalue weighted by Crippen LogP contribution is 2.29. The van der Waals surface area contributed by atoms with Crippen LogP contribution in [0.5, 0.6) is 5.75 Å². The van der Waals surface area contributed by atoms with Crippen molar-refractivity contribution in [3.05, 3.63) is 81.6 Å². The number of aromatic nitrogens is 1. The third-order valence-electron chi connectivity index (χ3n) is 5.45. The summed E-state index contributed by atoms with van der Waals surface area (Å²) in [5.74, 6) is 0.203. The number of nitrogens with one attached hydrogen (secondary N) is 1. The quantitative estimate of drug-likeness (QED) is 0.432. The van der Waals surface area contributed by atoms with Crippen molar-refractivity contribution >= 4 is 27.6 Å². The van der Waals surface area contributed by atoms with Crippen LogP contribution in [-0.2, 0) is 27.8 Å². The van der Waals surface area contributed by atoms with Crippen LogP contribution in [0.2, 0.25) is 5.02 Å². The van der Waals surface area contributed by atoms with Crippen molar-refractivity contribution in [2.45, 2.75) is 38.8 Å². The van der Waals surface area contributed by atoms with Crippen LogP contribution in [0.1, 0.15) is 39.8 Å². The molecule has 9 heteroatoms. The Morgan fingerprint density at radius 1 is 1.03 bits per heavy atom. The van der Waals surface area contributed by atoms with E-state index in [0.29, 0.717) is 17.1 Å². The fourth-order valence-electron chi connectivity index (χ4n) is 3.45. The van der Waals surface area contributed by atoms with Gasteiger partial charge in [0.05, 0.1) is 25.3 Å². The van der Waals surface area contributed by atoms with Crippen LogP contribution in [0.4, 0.5) is 0 Å². The van der Waals surface area contributed by atoms with E-state index in [1.807, 2.05) is 19.1 Å². The lowest BCUT2D eigenvalue weighted by Gasteiger charge is -2.23. The molecule has 7 nitrogen and oxygen atoms in total. The second-order valence-electron chi connectivity index (χ2n) is 7.50. The first-order valence-corrected chi connectivity index (χ1v) is 12.2. The third-order valence-corrected chi connectivity index (χ3v) is 7.74. The molecule has 1 aromatic heterocycles. The highest BCUT2D eigenvalue weighted by atomic mass is 35.5. The Labute approximate surface area is 199 Å². The van der Waals surface area contributed by atoms with E-state index < -0.39 is 16.0 Å². The van der Waals surface area contributed by atoms with Gasteiger partial charge in [0.2, 0.25) is 10.0 Å². The van der Waals surface area contributed by atoms with Gasteiger partial charge in [0.15, 0.2) is 0 Å². The fraction of sp³-hybridized carbons (Fsp3) is 0.292. The van der Waals surface area contributed by atoms with Crippen molar-refractivity contribution in [2.75, 3.05) is 13.7 Å². The predicted molar refractivity (Wildman–Crippen MR) is 127 cm³/mol. The maximum atomic E-state index is 13.6. The summed E-state index contributed by atoms with van der Waals surface area (Å²) in [6, 6.07) is 13.5. The van der Waals surface area contributed by atoms with Gasteiger partial charge >= 0.3 is 5.97 Å². The lowest BCUT2D eigenvalue weighted by atomic mass is 10.1. The van der Waals surface area contributed by atoms with Crippen molar-refractivity contribution < 1.29 is 22.7 Å². The SMILES string of the molecule is CCOC(=O)c1[nH]c(CN(Cc2ccc(OC)cc2)S(=O)(=O)c2ccccc2Cl)c(C)c1C. The van der Waals surface area contributed by atoms with Crippen LogP contribution in [0.25, 0.3) is 0 Å². The number of carbonyl (C=O) groups is 1. The van der Waals surface area contributed by atoms with Crippen molar-refractivity contribution in [3.63, 3.8) is 0 Å². The van der Waals surface area contributed by atoms with Gasteiger partial charge in [-0.05, 0) is 61.7 Å². The summed E-state index contributed by atoms with van der Waals surface area (Å²) in [6.45, 7) is 5.75. The van der Waals surface area contributed by atoms with Crippen LogP contribution in [0.15, 0.2) is 53.4 Å². The summed E-state index contributed by atoms with van der Waals surface area (Å²) in [5.41, 5.74) is 3.23. The number of aromatic amines is 1. The molecule has 0 aliphatic heterocycles. The number of H-pyrrole nitrogens is 1. The largest absolute Gasteiger partial charge is 0.497 e. The lowest BCUT2D eigenvalue weighted by Crippen LogP contribution is -2.31. The maximum absolute atomic E-state index is 13.6. The Morgan fingerprint density at radius 3 is 2.30 bits per heavy atom. The molecule has 0 saturated carbocycles. The molecule has 0 saturated heterocycles. The fourth-order valence-corrected chi connectivity index (χ4v) is 5.34. The molecular weight excluding hydrogens is 464 g/mol. The Balaban J connectivity index is 2.03. The third kappa shape index (κ3) is 5.40. The van der Waals surface area contributed by atoms with Gasteiger partial charge in [0.1, 0.15) is 16.3 Å². The molecule has 2 aromatic carbocycles. The highest BCUT2D eigenvalue weighted by Gasteiger charge is 2.29. The zero-order valence-corrected chi connectivity index (χ0v) is 20.6. The minimum atomic E-state index is -3.96. The van der Waals surface area contributed by atoms with E-state index in [1.165, 1.54) is 10.4 Å². The van der Waals surface area contributed by atoms with Crippen LogP contribution >= 0.6 is 11.6 Å². The number of halogens is 1. The van der Waals surface area contributed by atoms with Crippen molar-refractivity contribution in [1.82, 2.24) is 9.29 Å². The number of hydrogen-bond donors (Lipinski definition) is 1. The van der Waals surface area contributed by atoms with Gasteiger partial charge in [-0.15, -0.1) is 0 Å². The molecule has 3 aromatic rings. The molecule has 0 unspecified atom stereocenters. The number of hydrogen-bond acceptors (Lipinski definition) is 5. The van der Waals surface area contributed by atoms with Gasteiger partial charge in [-0.3, -0.25) is 0 Å². The summed E-state index contributed by atoms with van der Waals surface area (Å²) < 4.78 is 38.9. The minimum Gasteiger partial charge on any atom is -0.497 e. The van der Waals surface area contributed by atoms with E-state index in [1.54, 1.807) is 51.3 Å². The monoisotopic (exact) mass is 490 g/mol. The first-order valence-electron chi connectivity index (χ1n) is 10.4. The average Bonchev–Trinajstić information content (AvgIpc) is 3.08. The van der Waals surface area contributed by atoms with Crippen LogP contribution in [0.3, 0.4) is 0 Å². The van der Waals surface area contributed by atoms with Gasteiger partial charge in [-0.1, -0.05) is 35.9 Å². The molecule has 3 rings (SSSR count). The van der Waals surface area contributed by atoms with E-state index in [9.17, 15) is 13.2 Å². The number of ether oxygens (including phenoxy) is 2. The Morgan fingerprint density at radius 2 is 1.70 bits per heavy atom. The number of esters is 1. The first-order chi connectivity index (χ1) is 15.7. The van der Waals surface area contributed by atoms with E-state index in [2.05, 4.69) is 4.98 Å². The van der Waals surface area contributed by atoms with Gasteiger partial charge in [0.25, 0.3) is 0 Å². The predicted octanol–water partition coefficient (Wildman–Crippen LogP) is 4.86. The highest BCUT2D eigenvalue weighted by molar-refractivity contribution is 7.89. The van der Waals surface area contributed by atoms with Crippen LogP contribution in [-0.4, -0.2) is 37.4 Å². The van der Waals surface area contributed by atoms with E-state index in [4.69, 9.17) is 21.1 Å². The topological polar surface area (TPSA) is 88.7 Å². The standard InChI is InChI=1S/C24H27ClN2O5S/c1-5-32-24(28)23-17(3)16(2)21(26-23)15-27(14-18-10-12-19(31-4)13-11-18)33(29,30)22-9-7-6-8-20(22)25/h6-13,26H,5,14-15H2,1-4H3. The molecular formula is C24H27ClN2O5S. The molecule has 0 radical (unpaired) electrons. The number of sulfonamides is 1. The summed E-state index contributed by atoms with van der Waals surface area (Å²) in [5, 5.41) is 0.142. The average molecular weight is 491 g/mol. The maximum Gasteiger partial charge on any atom is 0.355 e. The summed E-state index contributed by atoms with van der Waals surface area (Å²) in [6.07, 6.45) is 0. The van der Waals surface area contributed by atoms with E-state index in [0.717, 1.165) is 16.7 Å². The van der Waals surface area contributed by atoms with Gasteiger partial charge < -0.3 is 14.5 Å². The van der Waals surface area contributed by atoms with Crippen LogP contribution < -0.4 is 4.74 Å². The lowest BCUT2D eigenvalue weighted by molar-refractivity contribution is 0.0519. The van der Waals surface area contributed by atoms with E-state index >= 15 is 0 Å². The summed E-state index contributed by atoms with van der Waals surface area (Å²) in [4.78, 5) is 15.4. The van der Waals surface area contributed by atoms with Gasteiger partial charge in [-0.2, -0.15) is 4.31 Å². The molecule has 0 spiro atoms. The molecule has 0 atom stereocenters. The molecule has 0 aliphatic carbocycles. The number of benzene rings is 2. The smallest absolute Gasteiger partial charge is 0.355 e.